The van der Waals surface area contributed by atoms with Gasteiger partial charge < -0.3 is 14.7 Å². The lowest BCUT2D eigenvalue weighted by Crippen LogP contribution is -2.55. The van der Waals surface area contributed by atoms with E-state index < -0.39 is 16.1 Å². The van der Waals surface area contributed by atoms with Crippen molar-refractivity contribution in [1.82, 2.24) is 24.3 Å². The Bertz CT molecular complexity index is 1510. The Hall–Kier alpha value is -2.25. The number of benzene rings is 1. The predicted molar refractivity (Wildman–Crippen MR) is 171 cm³/mol. The molecule has 13 heteroatoms. The molecule has 1 N–H and O–H groups in total. The van der Waals surface area contributed by atoms with Gasteiger partial charge in [-0.2, -0.15) is 4.72 Å². The van der Waals surface area contributed by atoms with E-state index in [-0.39, 0.29) is 46.5 Å². The Balaban J connectivity index is 1.02. The normalized spacial score (nSPS) is 25.4. The first-order chi connectivity index (χ1) is 21.1. The number of nitrogens with zero attached hydrogens (tertiary/aromatic N) is 4. The highest BCUT2D eigenvalue weighted by molar-refractivity contribution is 7.91. The molecule has 1 aliphatic carbocycles. The maximum atomic E-state index is 13.5. The second-order valence-corrected chi connectivity index (χ2v) is 16.3. The number of hydrogen-bond acceptors (Lipinski definition) is 7. The molecule has 3 aliphatic heterocycles. The first kappa shape index (κ1) is 31.7. The summed E-state index contributed by atoms with van der Waals surface area (Å²) in [4.78, 5) is 47.6. The van der Waals surface area contributed by atoms with Gasteiger partial charge in [0.05, 0.1) is 6.54 Å². The first-order valence-corrected chi connectivity index (χ1v) is 18.6. The van der Waals surface area contributed by atoms with Crippen LogP contribution in [0.25, 0.3) is 10.1 Å². The van der Waals surface area contributed by atoms with Crippen molar-refractivity contribution in [2.24, 2.45) is 5.92 Å². The van der Waals surface area contributed by atoms with Gasteiger partial charge in [-0.1, -0.05) is 24.4 Å². The molecular formula is C31H42ClN5O5S2. The third-order valence-electron chi connectivity index (χ3n) is 9.89. The third kappa shape index (κ3) is 6.79. The number of fused-ring (bicyclic) bond motifs is 1. The van der Waals surface area contributed by atoms with E-state index in [1.54, 1.807) is 24.3 Å². The highest BCUT2D eigenvalue weighted by Gasteiger charge is 2.38. The number of sulfonamides is 1. The number of carbonyl (C=O) groups excluding carboxylic acids is 3. The van der Waals surface area contributed by atoms with Crippen molar-refractivity contribution >= 4 is 60.8 Å². The number of piperidine rings is 1. The van der Waals surface area contributed by atoms with Crippen molar-refractivity contribution in [3.63, 3.8) is 0 Å². The molecule has 1 unspecified atom stereocenters. The summed E-state index contributed by atoms with van der Waals surface area (Å²) in [5.41, 5.74) is 0. The summed E-state index contributed by atoms with van der Waals surface area (Å²) in [7, 11) is -1.98. The van der Waals surface area contributed by atoms with Crippen molar-refractivity contribution in [2.75, 3.05) is 46.3 Å². The van der Waals surface area contributed by atoms with Gasteiger partial charge in [0.25, 0.3) is 10.0 Å². The summed E-state index contributed by atoms with van der Waals surface area (Å²) in [6, 6.07) is 6.17. The van der Waals surface area contributed by atoms with Crippen LogP contribution < -0.4 is 4.72 Å². The van der Waals surface area contributed by atoms with Crippen LogP contribution in [0.3, 0.4) is 0 Å². The number of amides is 3. The molecule has 44 heavy (non-hydrogen) atoms. The van der Waals surface area contributed by atoms with Gasteiger partial charge in [-0.25, -0.2) is 8.42 Å². The topological polar surface area (TPSA) is 110 Å². The monoisotopic (exact) mass is 663 g/mol. The molecule has 0 bridgehead atoms. The summed E-state index contributed by atoms with van der Waals surface area (Å²) in [5, 5.41) is 1.26. The number of carbonyl (C=O) groups is 3. The molecule has 4 heterocycles. The molecule has 0 spiro atoms. The smallest absolute Gasteiger partial charge is 0.250 e. The number of nitrogens with one attached hydrogen (secondary N) is 1. The zero-order chi connectivity index (χ0) is 31.0. The molecule has 10 nitrogen and oxygen atoms in total. The molecule has 3 amide bonds. The summed E-state index contributed by atoms with van der Waals surface area (Å²) in [6.45, 7) is 3.55. The molecule has 4 aliphatic rings. The van der Waals surface area contributed by atoms with Crippen LogP contribution in [0.5, 0.6) is 0 Å². The van der Waals surface area contributed by atoms with Crippen LogP contribution >= 0.6 is 22.9 Å². The third-order valence-corrected chi connectivity index (χ3v) is 13.2. The lowest BCUT2D eigenvalue weighted by molar-refractivity contribution is -0.143. The maximum Gasteiger partial charge on any atom is 0.250 e. The van der Waals surface area contributed by atoms with E-state index in [9.17, 15) is 22.8 Å². The Labute approximate surface area is 268 Å². The minimum Gasteiger partial charge on any atom is -0.341 e. The lowest BCUT2D eigenvalue weighted by Gasteiger charge is -2.35. The molecule has 6 rings (SSSR count). The molecule has 1 aromatic carbocycles. The van der Waals surface area contributed by atoms with E-state index >= 15 is 0 Å². The fourth-order valence-corrected chi connectivity index (χ4v) is 10.2. The van der Waals surface area contributed by atoms with Crippen LogP contribution in [0.15, 0.2) is 28.5 Å². The number of rotatable bonds is 9. The van der Waals surface area contributed by atoms with Crippen LogP contribution in [0.4, 0.5) is 0 Å². The fourth-order valence-electron chi connectivity index (χ4n) is 7.42. The van der Waals surface area contributed by atoms with Crippen molar-refractivity contribution < 1.29 is 22.8 Å². The van der Waals surface area contributed by atoms with E-state index in [0.717, 1.165) is 86.0 Å². The standard InChI is InChI=1S/C31H42ClN5O5S2/c1-34(30(39)21-6-2-3-7-21)24-12-15-35(18-24)19-25-8-4-14-37(25)28(38)20-36-13-5-9-26(31(36)40)33-44(41,42)29-17-22-16-23(32)10-11-27(22)43-29/h10-11,16-17,21,24-26,33H,2-9,12-15,18-20H2,1H3/t24?,25-,26-/m0/s1. The number of halogens is 1. The molecule has 3 saturated heterocycles. The Kier molecular flexibility index (Phi) is 9.54. The second-order valence-electron chi connectivity index (χ2n) is 12.8. The average molecular weight is 664 g/mol. The predicted octanol–water partition coefficient (Wildman–Crippen LogP) is 3.54. The fraction of sp³-hybridized carbons (Fsp3) is 0.645. The van der Waals surface area contributed by atoms with E-state index in [1.165, 1.54) is 4.90 Å². The van der Waals surface area contributed by atoms with Gasteiger partial charge in [-0.15, -0.1) is 11.3 Å². The molecule has 3 atom stereocenters. The van der Waals surface area contributed by atoms with Crippen molar-refractivity contribution in [1.29, 1.82) is 0 Å². The van der Waals surface area contributed by atoms with Crippen LogP contribution in [0.2, 0.25) is 5.02 Å². The molecule has 240 valence electrons. The number of likely N-dealkylation sites (N-methyl/N-ethyl adjacent to an activating group) is 1. The molecular weight excluding hydrogens is 622 g/mol. The number of thiophene rings is 1. The van der Waals surface area contributed by atoms with Crippen molar-refractivity contribution in [2.45, 2.75) is 80.1 Å². The largest absolute Gasteiger partial charge is 0.341 e. The number of likely N-dealkylation sites (tertiary alicyclic amines) is 3. The van der Waals surface area contributed by atoms with Gasteiger partial charge in [-0.3, -0.25) is 19.3 Å². The zero-order valence-corrected chi connectivity index (χ0v) is 27.6. The highest BCUT2D eigenvalue weighted by Crippen LogP contribution is 2.32. The molecule has 2 aromatic rings. The van der Waals surface area contributed by atoms with Crippen LogP contribution in [-0.4, -0.2) is 110 Å². The summed E-state index contributed by atoms with van der Waals surface area (Å²) in [5.74, 6) is 0.0211. The quantitative estimate of drug-likeness (QED) is 0.440. The van der Waals surface area contributed by atoms with Gasteiger partial charge in [0, 0.05) is 67.5 Å². The molecule has 4 fully saturated rings. The van der Waals surface area contributed by atoms with Crippen LogP contribution in [0.1, 0.15) is 57.8 Å². The van der Waals surface area contributed by atoms with Gasteiger partial charge in [0.1, 0.15) is 10.3 Å². The Morgan fingerprint density at radius 1 is 1.02 bits per heavy atom. The van der Waals surface area contributed by atoms with Crippen molar-refractivity contribution in [3.05, 3.63) is 29.3 Å². The maximum absolute atomic E-state index is 13.5. The van der Waals surface area contributed by atoms with Gasteiger partial charge >= 0.3 is 0 Å². The summed E-state index contributed by atoms with van der Waals surface area (Å²) >= 11 is 7.20. The molecule has 0 radical (unpaired) electrons. The van der Waals surface area contributed by atoms with E-state index in [2.05, 4.69) is 9.62 Å². The SMILES string of the molecule is CN(C(=O)C1CCCC1)C1CCN(C[C@@H]2CCCN2C(=O)CN2CCC[C@H](NS(=O)(=O)c3cc4cc(Cl)ccc4s3)C2=O)C1. The first-order valence-electron chi connectivity index (χ1n) is 15.9. The van der Waals surface area contributed by atoms with Gasteiger partial charge in [0.2, 0.25) is 17.7 Å². The van der Waals surface area contributed by atoms with Crippen molar-refractivity contribution in [3.8, 4) is 0 Å². The van der Waals surface area contributed by atoms with E-state index in [0.29, 0.717) is 31.0 Å². The highest BCUT2D eigenvalue weighted by atomic mass is 35.5. The number of hydrogen-bond donors (Lipinski definition) is 1. The van der Waals surface area contributed by atoms with Gasteiger partial charge in [0.15, 0.2) is 0 Å². The van der Waals surface area contributed by atoms with E-state index in [1.807, 2.05) is 16.8 Å². The minimum atomic E-state index is -3.93. The van der Waals surface area contributed by atoms with E-state index in [4.69, 9.17) is 11.6 Å². The Morgan fingerprint density at radius 3 is 2.59 bits per heavy atom. The second kappa shape index (κ2) is 13.2. The molecule has 1 saturated carbocycles. The molecule has 1 aromatic heterocycles. The zero-order valence-electron chi connectivity index (χ0n) is 25.2. The summed E-state index contributed by atoms with van der Waals surface area (Å²) in [6.07, 6.45) is 8.09. The Morgan fingerprint density at radius 2 is 1.80 bits per heavy atom. The van der Waals surface area contributed by atoms with Crippen LogP contribution in [-0.2, 0) is 24.4 Å². The average Bonchev–Trinajstić information content (AvgIpc) is 3.81. The van der Waals surface area contributed by atoms with Gasteiger partial charge in [-0.05, 0) is 74.6 Å². The minimum absolute atomic E-state index is 0.0454. The summed E-state index contributed by atoms with van der Waals surface area (Å²) < 4.78 is 30.0. The van der Waals surface area contributed by atoms with Crippen LogP contribution in [0, 0.1) is 5.92 Å². The lowest BCUT2D eigenvalue weighted by atomic mass is 10.1.